The zero-order valence-corrected chi connectivity index (χ0v) is 7.34. The lowest BCUT2D eigenvalue weighted by Crippen LogP contribution is -1.96. The predicted molar refractivity (Wildman–Crippen MR) is 46.0 cm³/mol. The van der Waals surface area contributed by atoms with Crippen molar-refractivity contribution < 1.29 is 4.79 Å². The van der Waals surface area contributed by atoms with Crippen LogP contribution in [0.2, 0.25) is 0 Å². The first-order valence-corrected chi connectivity index (χ1v) is 4.20. The summed E-state index contributed by atoms with van der Waals surface area (Å²) in [6.07, 6.45) is 8.20. The second kappa shape index (κ2) is 7.49. The van der Waals surface area contributed by atoms with Crippen molar-refractivity contribution in [1.29, 1.82) is 0 Å². The SMILES string of the molecule is CCC[CH]CCC(C)N=C=O. The molecule has 0 aromatic heterocycles. The van der Waals surface area contributed by atoms with Crippen LogP contribution >= 0.6 is 0 Å². The number of rotatable bonds is 6. The number of nitrogens with zero attached hydrogens (tertiary/aromatic N) is 1. The van der Waals surface area contributed by atoms with Gasteiger partial charge in [0.15, 0.2) is 0 Å². The van der Waals surface area contributed by atoms with Crippen molar-refractivity contribution in [3.05, 3.63) is 6.42 Å². The molecule has 11 heavy (non-hydrogen) atoms. The Morgan fingerprint density at radius 2 is 2.27 bits per heavy atom. The van der Waals surface area contributed by atoms with E-state index in [1.54, 1.807) is 6.08 Å². The molecule has 0 saturated carbocycles. The van der Waals surface area contributed by atoms with Gasteiger partial charge in [0.25, 0.3) is 0 Å². The van der Waals surface area contributed by atoms with Gasteiger partial charge in [-0.1, -0.05) is 19.8 Å². The molecule has 0 aliphatic heterocycles. The van der Waals surface area contributed by atoms with Gasteiger partial charge in [0.2, 0.25) is 6.08 Å². The summed E-state index contributed by atoms with van der Waals surface area (Å²) in [4.78, 5) is 13.4. The van der Waals surface area contributed by atoms with Crippen LogP contribution in [0.4, 0.5) is 0 Å². The Morgan fingerprint density at radius 1 is 1.55 bits per heavy atom. The molecular weight excluding hydrogens is 138 g/mol. The van der Waals surface area contributed by atoms with Crippen LogP contribution in [0.5, 0.6) is 0 Å². The molecule has 0 saturated heterocycles. The summed E-state index contributed by atoms with van der Waals surface area (Å²) >= 11 is 0. The average Bonchev–Trinajstić information content (AvgIpc) is 1.99. The average molecular weight is 154 g/mol. The Bertz CT molecular complexity index is 128. The van der Waals surface area contributed by atoms with Crippen molar-refractivity contribution in [2.45, 2.75) is 45.6 Å². The molecule has 1 unspecified atom stereocenters. The van der Waals surface area contributed by atoms with E-state index in [-0.39, 0.29) is 6.04 Å². The van der Waals surface area contributed by atoms with Crippen molar-refractivity contribution in [2.75, 3.05) is 0 Å². The van der Waals surface area contributed by atoms with E-state index in [1.807, 2.05) is 6.92 Å². The maximum Gasteiger partial charge on any atom is 0.235 e. The van der Waals surface area contributed by atoms with Gasteiger partial charge in [-0.3, -0.25) is 0 Å². The molecule has 0 aliphatic carbocycles. The molecule has 0 heterocycles. The summed E-state index contributed by atoms with van der Waals surface area (Å²) in [6, 6.07) is 0.139. The van der Waals surface area contributed by atoms with E-state index in [1.165, 1.54) is 6.42 Å². The summed E-state index contributed by atoms with van der Waals surface area (Å²) in [5.41, 5.74) is 0. The van der Waals surface area contributed by atoms with Gasteiger partial charge >= 0.3 is 0 Å². The Balaban J connectivity index is 3.17. The van der Waals surface area contributed by atoms with E-state index in [9.17, 15) is 4.79 Å². The monoisotopic (exact) mass is 154 g/mol. The largest absolute Gasteiger partial charge is 0.235 e. The lowest BCUT2D eigenvalue weighted by atomic mass is 10.1. The number of hydrogen-bond donors (Lipinski definition) is 0. The molecule has 2 nitrogen and oxygen atoms in total. The summed E-state index contributed by atoms with van der Waals surface area (Å²) in [6.45, 7) is 4.09. The predicted octanol–water partition coefficient (Wildman–Crippen LogP) is 2.50. The fourth-order valence-electron chi connectivity index (χ4n) is 0.862. The van der Waals surface area contributed by atoms with Crippen molar-refractivity contribution in [1.82, 2.24) is 0 Å². The lowest BCUT2D eigenvalue weighted by Gasteiger charge is -2.01. The maximum absolute atomic E-state index is 9.80. The van der Waals surface area contributed by atoms with Gasteiger partial charge in [0.1, 0.15) is 0 Å². The highest BCUT2D eigenvalue weighted by Gasteiger charge is 1.97. The molecule has 0 fully saturated rings. The van der Waals surface area contributed by atoms with E-state index in [0.29, 0.717) is 0 Å². The smallest absolute Gasteiger partial charge is 0.211 e. The Labute approximate surface area is 68.7 Å². The van der Waals surface area contributed by atoms with Gasteiger partial charge in [-0.25, -0.2) is 9.79 Å². The van der Waals surface area contributed by atoms with Gasteiger partial charge in [-0.05, 0) is 26.2 Å². The Kier molecular flexibility index (Phi) is 7.06. The summed E-state index contributed by atoms with van der Waals surface area (Å²) in [5.74, 6) is 0. The van der Waals surface area contributed by atoms with Crippen molar-refractivity contribution in [3.63, 3.8) is 0 Å². The fourth-order valence-corrected chi connectivity index (χ4v) is 0.862. The highest BCUT2D eigenvalue weighted by molar-refractivity contribution is 5.33. The highest BCUT2D eigenvalue weighted by atomic mass is 16.1. The number of aliphatic imine (C=N–C) groups is 1. The summed E-state index contributed by atoms with van der Waals surface area (Å²) < 4.78 is 0. The van der Waals surface area contributed by atoms with Crippen LogP contribution in [0.1, 0.15) is 39.5 Å². The minimum atomic E-state index is 0.139. The van der Waals surface area contributed by atoms with Crippen molar-refractivity contribution >= 4 is 6.08 Å². The first-order chi connectivity index (χ1) is 5.31. The van der Waals surface area contributed by atoms with Gasteiger partial charge in [0.05, 0.1) is 6.04 Å². The number of unbranched alkanes of at least 4 members (excludes halogenated alkanes) is 3. The van der Waals surface area contributed by atoms with Gasteiger partial charge < -0.3 is 0 Å². The Hall–Kier alpha value is -0.620. The van der Waals surface area contributed by atoms with Crippen LogP contribution in [-0.4, -0.2) is 12.1 Å². The van der Waals surface area contributed by atoms with Crippen LogP contribution in [0, 0.1) is 6.42 Å². The van der Waals surface area contributed by atoms with E-state index in [4.69, 9.17) is 0 Å². The first kappa shape index (κ1) is 10.4. The molecule has 0 aromatic rings. The van der Waals surface area contributed by atoms with Gasteiger partial charge in [-0.2, -0.15) is 0 Å². The van der Waals surface area contributed by atoms with Crippen LogP contribution in [0.15, 0.2) is 4.99 Å². The van der Waals surface area contributed by atoms with Crippen LogP contribution in [-0.2, 0) is 4.79 Å². The van der Waals surface area contributed by atoms with E-state index < -0.39 is 0 Å². The lowest BCUT2D eigenvalue weighted by molar-refractivity contribution is 0.554. The quantitative estimate of drug-likeness (QED) is 0.328. The normalized spacial score (nSPS) is 12.2. The van der Waals surface area contributed by atoms with Crippen LogP contribution < -0.4 is 0 Å². The summed E-state index contributed by atoms with van der Waals surface area (Å²) in [5, 5.41) is 0. The molecule has 0 amide bonds. The molecule has 0 N–H and O–H groups in total. The first-order valence-electron chi connectivity index (χ1n) is 4.20. The second-order valence-electron chi connectivity index (χ2n) is 2.72. The second-order valence-corrected chi connectivity index (χ2v) is 2.72. The fraction of sp³-hybridized carbons (Fsp3) is 0.778. The standard InChI is InChI=1S/C9H16NO/c1-3-4-5-6-7-9(2)10-8-11/h5,9H,3-4,6-7H2,1-2H3. The Morgan fingerprint density at radius 3 is 2.82 bits per heavy atom. The van der Waals surface area contributed by atoms with Crippen LogP contribution in [0.3, 0.4) is 0 Å². The number of carbonyl (C=O) groups excluding carboxylic acids is 1. The topological polar surface area (TPSA) is 29.4 Å². The molecule has 1 radical (unpaired) electrons. The molecule has 0 aromatic carbocycles. The number of isocyanates is 1. The third-order valence-electron chi connectivity index (χ3n) is 1.55. The maximum atomic E-state index is 9.80. The molecule has 63 valence electrons. The van der Waals surface area contributed by atoms with Gasteiger partial charge in [0, 0.05) is 0 Å². The molecule has 0 aliphatic rings. The highest BCUT2D eigenvalue weighted by Crippen LogP contribution is 2.05. The minimum Gasteiger partial charge on any atom is -0.211 e. The van der Waals surface area contributed by atoms with E-state index >= 15 is 0 Å². The van der Waals surface area contributed by atoms with Crippen molar-refractivity contribution in [3.8, 4) is 0 Å². The molecule has 0 rings (SSSR count). The van der Waals surface area contributed by atoms with Gasteiger partial charge in [-0.15, -0.1) is 0 Å². The molecule has 0 bridgehead atoms. The van der Waals surface area contributed by atoms with Crippen LogP contribution in [0.25, 0.3) is 0 Å². The minimum absolute atomic E-state index is 0.139. The molecule has 1 atom stereocenters. The van der Waals surface area contributed by atoms with E-state index in [2.05, 4.69) is 18.3 Å². The zero-order valence-electron chi connectivity index (χ0n) is 7.34. The number of hydrogen-bond acceptors (Lipinski definition) is 2. The zero-order chi connectivity index (χ0) is 8.53. The molecular formula is C9H16NO. The third kappa shape index (κ3) is 7.27. The molecule has 0 spiro atoms. The van der Waals surface area contributed by atoms with E-state index in [0.717, 1.165) is 19.3 Å². The van der Waals surface area contributed by atoms with Crippen molar-refractivity contribution in [2.24, 2.45) is 4.99 Å². The summed E-state index contributed by atoms with van der Waals surface area (Å²) in [7, 11) is 0. The third-order valence-corrected chi connectivity index (χ3v) is 1.55. The molecule has 2 heteroatoms.